The van der Waals surface area contributed by atoms with E-state index >= 15 is 0 Å². The van der Waals surface area contributed by atoms with E-state index in [1.54, 1.807) is 11.3 Å². The van der Waals surface area contributed by atoms with Crippen molar-refractivity contribution in [3.63, 3.8) is 0 Å². The highest BCUT2D eigenvalue weighted by Gasteiger charge is 2.24. The number of rotatable bonds is 4. The van der Waals surface area contributed by atoms with Gasteiger partial charge in [-0.25, -0.2) is 4.98 Å². The van der Waals surface area contributed by atoms with E-state index in [2.05, 4.69) is 54.9 Å². The highest BCUT2D eigenvalue weighted by Crippen LogP contribution is 2.40. The molecule has 0 spiro atoms. The Kier molecular flexibility index (Phi) is 4.70. The average molecular weight is 372 g/mol. The molecule has 0 bridgehead atoms. The van der Waals surface area contributed by atoms with Crippen molar-refractivity contribution < 1.29 is 0 Å². The van der Waals surface area contributed by atoms with Gasteiger partial charge in [-0.05, 0) is 24.0 Å². The van der Waals surface area contributed by atoms with Crippen molar-refractivity contribution in [3.8, 4) is 10.6 Å². The molecule has 0 unspecified atom stereocenters. The molecule has 7 heteroatoms. The molecule has 1 aromatic carbocycles. The lowest BCUT2D eigenvalue weighted by atomic mass is 10.2. The molecule has 3 heterocycles. The van der Waals surface area contributed by atoms with Gasteiger partial charge in [0.1, 0.15) is 15.8 Å². The summed E-state index contributed by atoms with van der Waals surface area (Å²) in [4.78, 5) is 9.52. The fourth-order valence-corrected chi connectivity index (χ4v) is 4.91. The van der Waals surface area contributed by atoms with Crippen LogP contribution in [0, 0.1) is 6.92 Å². The highest BCUT2D eigenvalue weighted by atomic mass is 32.1. The fraction of sp³-hybridized carbons (Fsp3) is 0.333. The lowest BCUT2D eigenvalue weighted by Gasteiger charge is -2.35. The van der Waals surface area contributed by atoms with E-state index in [4.69, 9.17) is 5.73 Å². The molecule has 1 aliphatic rings. The number of benzene rings is 1. The third kappa shape index (κ3) is 3.53. The van der Waals surface area contributed by atoms with Crippen LogP contribution in [-0.4, -0.2) is 40.4 Å². The topological polar surface area (TPSA) is 58.3 Å². The first-order valence-electron chi connectivity index (χ1n) is 8.39. The Labute approximate surface area is 155 Å². The summed E-state index contributed by atoms with van der Waals surface area (Å²) < 4.78 is 4.40. The normalized spacial score (nSPS) is 15.6. The summed E-state index contributed by atoms with van der Waals surface area (Å²) in [5.41, 5.74) is 9.57. The second-order valence-electron chi connectivity index (χ2n) is 6.29. The lowest BCUT2D eigenvalue weighted by molar-refractivity contribution is 0.250. The second kappa shape index (κ2) is 7.11. The van der Waals surface area contributed by atoms with Gasteiger partial charge in [-0.15, -0.1) is 11.3 Å². The zero-order chi connectivity index (χ0) is 17.2. The van der Waals surface area contributed by atoms with Crippen LogP contribution in [0.15, 0.2) is 35.7 Å². The first-order valence-corrected chi connectivity index (χ1v) is 10.0. The Bertz CT molecular complexity index is 834. The molecule has 1 saturated heterocycles. The molecule has 0 aliphatic carbocycles. The van der Waals surface area contributed by atoms with Gasteiger partial charge >= 0.3 is 0 Å². The van der Waals surface area contributed by atoms with Crippen molar-refractivity contribution in [2.45, 2.75) is 13.5 Å². The quantitative estimate of drug-likeness (QED) is 0.761. The van der Waals surface area contributed by atoms with E-state index in [-0.39, 0.29) is 0 Å². The number of nitrogen functional groups attached to an aromatic ring is 1. The Hall–Kier alpha value is -1.96. The summed E-state index contributed by atoms with van der Waals surface area (Å²) in [6.45, 7) is 7.10. The zero-order valence-electron chi connectivity index (χ0n) is 14.2. The first-order chi connectivity index (χ1) is 12.2. The van der Waals surface area contributed by atoms with Gasteiger partial charge in [0.2, 0.25) is 0 Å². The number of nitrogens with two attached hydrogens (primary N) is 1. The van der Waals surface area contributed by atoms with Crippen molar-refractivity contribution in [1.82, 2.24) is 14.3 Å². The fourth-order valence-electron chi connectivity index (χ4n) is 3.13. The number of anilines is 2. The molecule has 0 radical (unpaired) electrons. The minimum Gasteiger partial charge on any atom is -0.382 e. The number of thiazole rings is 1. The maximum absolute atomic E-state index is 6.15. The molecule has 1 aliphatic heterocycles. The summed E-state index contributed by atoms with van der Waals surface area (Å²) >= 11 is 3.13. The molecule has 130 valence electrons. The second-order valence-corrected chi connectivity index (χ2v) is 7.90. The van der Waals surface area contributed by atoms with Crippen molar-refractivity contribution in [2.24, 2.45) is 0 Å². The first kappa shape index (κ1) is 16.5. The molecular formula is C18H21N5S2. The van der Waals surface area contributed by atoms with Crippen molar-refractivity contribution in [3.05, 3.63) is 47.0 Å². The van der Waals surface area contributed by atoms with Gasteiger partial charge in [0.25, 0.3) is 0 Å². The maximum atomic E-state index is 6.15. The molecule has 2 N–H and O–H groups in total. The molecule has 4 rings (SSSR count). The smallest absolute Gasteiger partial charge is 0.149 e. The average Bonchev–Trinajstić information content (AvgIpc) is 3.22. The number of hydrogen-bond acceptors (Lipinski definition) is 7. The Balaban J connectivity index is 1.46. The Morgan fingerprint density at radius 2 is 1.88 bits per heavy atom. The van der Waals surface area contributed by atoms with Crippen LogP contribution in [0.3, 0.4) is 0 Å². The molecule has 1 fully saturated rings. The predicted octanol–water partition coefficient (Wildman–Crippen LogP) is 3.48. The number of nitrogens with zero attached hydrogens (tertiary/aromatic N) is 4. The van der Waals surface area contributed by atoms with Gasteiger partial charge < -0.3 is 10.6 Å². The van der Waals surface area contributed by atoms with Crippen molar-refractivity contribution >= 4 is 33.7 Å². The molecule has 2 aromatic heterocycles. The zero-order valence-corrected chi connectivity index (χ0v) is 15.8. The van der Waals surface area contributed by atoms with Crippen LogP contribution in [0.1, 0.15) is 11.3 Å². The predicted molar refractivity (Wildman–Crippen MR) is 106 cm³/mol. The number of aryl methyl sites for hydroxylation is 1. The van der Waals surface area contributed by atoms with Crippen molar-refractivity contribution in [2.75, 3.05) is 36.8 Å². The molecule has 3 aromatic rings. The SMILES string of the molecule is Cc1csc(-c2c(N)nsc2N2CCN(Cc3ccccc3)CC2)n1. The van der Waals surface area contributed by atoms with Gasteiger partial charge in [-0.1, -0.05) is 30.3 Å². The van der Waals surface area contributed by atoms with Gasteiger partial charge in [0.05, 0.1) is 5.56 Å². The van der Waals surface area contributed by atoms with E-state index in [0.717, 1.165) is 54.0 Å². The highest BCUT2D eigenvalue weighted by molar-refractivity contribution is 7.15. The van der Waals surface area contributed by atoms with E-state index in [1.165, 1.54) is 17.1 Å². The summed E-state index contributed by atoms with van der Waals surface area (Å²) in [5.74, 6) is 0.598. The van der Waals surface area contributed by atoms with Crippen LogP contribution in [0.25, 0.3) is 10.6 Å². The number of aromatic nitrogens is 2. The largest absolute Gasteiger partial charge is 0.382 e. The van der Waals surface area contributed by atoms with Crippen LogP contribution in [0.2, 0.25) is 0 Å². The maximum Gasteiger partial charge on any atom is 0.149 e. The van der Waals surface area contributed by atoms with Gasteiger partial charge in [0.15, 0.2) is 0 Å². The van der Waals surface area contributed by atoms with Crippen LogP contribution in [-0.2, 0) is 6.54 Å². The molecule has 25 heavy (non-hydrogen) atoms. The van der Waals surface area contributed by atoms with Gasteiger partial charge in [-0.2, -0.15) is 4.37 Å². The van der Waals surface area contributed by atoms with Crippen LogP contribution >= 0.6 is 22.9 Å². The van der Waals surface area contributed by atoms with Crippen LogP contribution in [0.5, 0.6) is 0 Å². The molecular weight excluding hydrogens is 350 g/mol. The number of hydrogen-bond donors (Lipinski definition) is 1. The van der Waals surface area contributed by atoms with Crippen LogP contribution in [0.4, 0.5) is 10.8 Å². The Morgan fingerprint density at radius 3 is 2.56 bits per heavy atom. The van der Waals surface area contributed by atoms with Gasteiger partial charge in [0, 0.05) is 43.8 Å². The molecule has 0 amide bonds. The van der Waals surface area contributed by atoms with Gasteiger partial charge in [-0.3, -0.25) is 4.90 Å². The van der Waals surface area contributed by atoms with Crippen LogP contribution < -0.4 is 10.6 Å². The minimum atomic E-state index is 0.598. The van der Waals surface area contributed by atoms with Crippen molar-refractivity contribution in [1.29, 1.82) is 0 Å². The Morgan fingerprint density at radius 1 is 1.12 bits per heavy atom. The minimum absolute atomic E-state index is 0.598. The molecule has 5 nitrogen and oxygen atoms in total. The monoisotopic (exact) mass is 371 g/mol. The molecule has 0 saturated carbocycles. The van der Waals surface area contributed by atoms with E-state index in [1.807, 2.05) is 6.92 Å². The van der Waals surface area contributed by atoms with E-state index in [0.29, 0.717) is 5.82 Å². The van der Waals surface area contributed by atoms with E-state index in [9.17, 15) is 0 Å². The molecule has 0 atom stereocenters. The van der Waals surface area contributed by atoms with E-state index < -0.39 is 0 Å². The number of piperazine rings is 1. The summed E-state index contributed by atoms with van der Waals surface area (Å²) in [7, 11) is 0. The third-order valence-corrected chi connectivity index (χ3v) is 6.34. The summed E-state index contributed by atoms with van der Waals surface area (Å²) in [6, 6.07) is 10.7. The summed E-state index contributed by atoms with van der Waals surface area (Å²) in [5, 5.41) is 4.20. The standard InChI is InChI=1S/C18H21N5S2/c1-13-12-24-17(20-13)15-16(19)21-25-18(15)23-9-7-22(8-10-23)11-14-5-3-2-4-6-14/h2-6,12H,7-11H2,1H3,(H2,19,21). The lowest BCUT2D eigenvalue weighted by Crippen LogP contribution is -2.45. The third-order valence-electron chi connectivity index (χ3n) is 4.44. The summed E-state index contributed by atoms with van der Waals surface area (Å²) in [6.07, 6.45) is 0.